The number of aryl methyl sites for hydroxylation is 1. The molecule has 0 saturated carbocycles. The average molecular weight is 443 g/mol. The molecule has 0 aliphatic carbocycles. The minimum absolute atomic E-state index is 0.00838. The van der Waals surface area contributed by atoms with Crippen LogP contribution in [-0.4, -0.2) is 31.7 Å². The number of sulfonamides is 1. The number of nitrogens with one attached hydrogen (secondary N) is 1. The molecule has 0 radical (unpaired) electrons. The van der Waals surface area contributed by atoms with Crippen molar-refractivity contribution in [1.29, 1.82) is 0 Å². The van der Waals surface area contributed by atoms with E-state index >= 15 is 0 Å². The lowest BCUT2D eigenvalue weighted by Crippen LogP contribution is -2.44. The zero-order valence-corrected chi connectivity index (χ0v) is 19.6. The van der Waals surface area contributed by atoms with Crippen LogP contribution in [-0.2, 0) is 20.6 Å². The molecule has 3 rings (SSSR count). The molecule has 1 aliphatic heterocycles. The zero-order chi connectivity index (χ0) is 22.4. The SMILES string of the molecule is Cc1ccccc1C(CC(C)C)NC(=O)C1CCN(S(=O)(=O)Cc2ccccc2)CC1. The van der Waals surface area contributed by atoms with Crippen molar-refractivity contribution in [3.05, 3.63) is 71.3 Å². The van der Waals surface area contributed by atoms with Crippen LogP contribution in [0.25, 0.3) is 0 Å². The van der Waals surface area contributed by atoms with Gasteiger partial charge in [0.1, 0.15) is 0 Å². The third-order valence-corrected chi connectivity index (χ3v) is 7.85. The van der Waals surface area contributed by atoms with Crippen LogP contribution in [0.4, 0.5) is 0 Å². The molecule has 1 heterocycles. The Bertz CT molecular complexity index is 965. The second-order valence-electron chi connectivity index (χ2n) is 8.96. The normalized spacial score (nSPS) is 16.9. The van der Waals surface area contributed by atoms with Crippen molar-refractivity contribution in [3.63, 3.8) is 0 Å². The average Bonchev–Trinajstić information content (AvgIpc) is 2.74. The van der Waals surface area contributed by atoms with Gasteiger partial charge < -0.3 is 5.32 Å². The van der Waals surface area contributed by atoms with E-state index < -0.39 is 10.0 Å². The molecule has 1 N–H and O–H groups in total. The van der Waals surface area contributed by atoms with Crippen molar-refractivity contribution < 1.29 is 13.2 Å². The molecule has 2 aromatic carbocycles. The van der Waals surface area contributed by atoms with Crippen LogP contribution in [0, 0.1) is 18.8 Å². The number of amides is 1. The Balaban J connectivity index is 1.60. The predicted molar refractivity (Wildman–Crippen MR) is 125 cm³/mol. The first-order chi connectivity index (χ1) is 14.8. The van der Waals surface area contributed by atoms with Gasteiger partial charge in [0.15, 0.2) is 0 Å². The number of hydrogen-bond donors (Lipinski definition) is 1. The van der Waals surface area contributed by atoms with Crippen LogP contribution in [0.3, 0.4) is 0 Å². The Labute approximate surface area is 186 Å². The van der Waals surface area contributed by atoms with Crippen molar-refractivity contribution >= 4 is 15.9 Å². The number of rotatable bonds is 8. The number of benzene rings is 2. The molecule has 1 atom stereocenters. The van der Waals surface area contributed by atoms with Crippen LogP contribution >= 0.6 is 0 Å². The molecule has 168 valence electrons. The predicted octanol–water partition coefficient (Wildman–Crippen LogP) is 4.44. The fraction of sp³-hybridized carbons (Fsp3) is 0.480. The van der Waals surface area contributed by atoms with E-state index in [-0.39, 0.29) is 23.6 Å². The first-order valence-corrected chi connectivity index (χ1v) is 12.7. The van der Waals surface area contributed by atoms with Gasteiger partial charge in [-0.1, -0.05) is 68.4 Å². The summed E-state index contributed by atoms with van der Waals surface area (Å²) in [4.78, 5) is 13.0. The van der Waals surface area contributed by atoms with E-state index in [9.17, 15) is 13.2 Å². The van der Waals surface area contributed by atoms with Crippen molar-refractivity contribution in [2.75, 3.05) is 13.1 Å². The fourth-order valence-corrected chi connectivity index (χ4v) is 5.84. The summed E-state index contributed by atoms with van der Waals surface area (Å²) in [6.07, 6.45) is 1.99. The number of carbonyl (C=O) groups excluding carboxylic acids is 1. The summed E-state index contributed by atoms with van der Waals surface area (Å²) in [6, 6.07) is 17.4. The smallest absolute Gasteiger partial charge is 0.223 e. The quantitative estimate of drug-likeness (QED) is 0.657. The molecule has 0 spiro atoms. The second kappa shape index (κ2) is 10.4. The van der Waals surface area contributed by atoms with Gasteiger partial charge in [-0.05, 0) is 48.8 Å². The van der Waals surface area contributed by atoms with Gasteiger partial charge in [0.05, 0.1) is 11.8 Å². The Morgan fingerprint density at radius 3 is 2.26 bits per heavy atom. The molecule has 1 fully saturated rings. The van der Waals surface area contributed by atoms with E-state index in [4.69, 9.17) is 0 Å². The van der Waals surface area contributed by atoms with E-state index in [0.29, 0.717) is 31.8 Å². The van der Waals surface area contributed by atoms with Gasteiger partial charge in [0, 0.05) is 19.0 Å². The molecular formula is C25H34N2O3S. The first-order valence-electron chi connectivity index (χ1n) is 11.1. The van der Waals surface area contributed by atoms with E-state index in [0.717, 1.165) is 17.5 Å². The lowest BCUT2D eigenvalue weighted by Gasteiger charge is -2.32. The lowest BCUT2D eigenvalue weighted by molar-refractivity contribution is -0.127. The van der Waals surface area contributed by atoms with Gasteiger partial charge in [-0.25, -0.2) is 12.7 Å². The Morgan fingerprint density at radius 1 is 1.03 bits per heavy atom. The highest BCUT2D eigenvalue weighted by molar-refractivity contribution is 7.88. The Kier molecular flexibility index (Phi) is 7.89. The standard InChI is InChI=1S/C25H34N2O3S/c1-19(2)17-24(23-12-8-7-9-20(23)3)26-25(28)22-13-15-27(16-14-22)31(29,30)18-21-10-5-4-6-11-21/h4-12,19,22,24H,13-18H2,1-3H3,(H,26,28). The molecule has 2 aromatic rings. The highest BCUT2D eigenvalue weighted by Crippen LogP contribution is 2.27. The van der Waals surface area contributed by atoms with E-state index in [2.05, 4.69) is 38.2 Å². The third-order valence-electron chi connectivity index (χ3n) is 6.00. The maximum atomic E-state index is 13.0. The number of piperidine rings is 1. The number of hydrogen-bond acceptors (Lipinski definition) is 3. The molecule has 1 aliphatic rings. The van der Waals surface area contributed by atoms with Gasteiger partial charge >= 0.3 is 0 Å². The number of nitrogens with zero attached hydrogens (tertiary/aromatic N) is 1. The van der Waals surface area contributed by atoms with Crippen LogP contribution in [0.2, 0.25) is 0 Å². The Hall–Kier alpha value is -2.18. The van der Waals surface area contributed by atoms with Gasteiger partial charge in [-0.3, -0.25) is 4.79 Å². The summed E-state index contributed by atoms with van der Waals surface area (Å²) in [7, 11) is -3.37. The Morgan fingerprint density at radius 2 is 1.65 bits per heavy atom. The molecule has 5 nitrogen and oxygen atoms in total. The number of carbonyl (C=O) groups is 1. The largest absolute Gasteiger partial charge is 0.349 e. The molecule has 0 bridgehead atoms. The fourth-order valence-electron chi connectivity index (χ4n) is 4.27. The minimum atomic E-state index is -3.37. The molecule has 1 amide bonds. The topological polar surface area (TPSA) is 66.5 Å². The van der Waals surface area contributed by atoms with Gasteiger partial charge in [0.2, 0.25) is 15.9 Å². The highest BCUT2D eigenvalue weighted by atomic mass is 32.2. The van der Waals surface area contributed by atoms with Crippen molar-refractivity contribution in [1.82, 2.24) is 9.62 Å². The highest BCUT2D eigenvalue weighted by Gasteiger charge is 2.32. The van der Waals surface area contributed by atoms with Gasteiger partial charge in [-0.15, -0.1) is 0 Å². The lowest BCUT2D eigenvalue weighted by atomic mass is 9.92. The zero-order valence-electron chi connectivity index (χ0n) is 18.8. The van der Waals surface area contributed by atoms with Crippen molar-refractivity contribution in [3.8, 4) is 0 Å². The summed E-state index contributed by atoms with van der Waals surface area (Å²) in [6.45, 7) is 7.19. The van der Waals surface area contributed by atoms with E-state index in [1.807, 2.05) is 42.5 Å². The maximum Gasteiger partial charge on any atom is 0.223 e. The third kappa shape index (κ3) is 6.40. The summed E-state index contributed by atoms with van der Waals surface area (Å²) in [5.74, 6) is 0.347. The molecular weight excluding hydrogens is 408 g/mol. The first kappa shape index (κ1) is 23.5. The maximum absolute atomic E-state index is 13.0. The summed E-state index contributed by atoms with van der Waals surface area (Å²) < 4.78 is 27.1. The molecule has 1 saturated heterocycles. The molecule has 1 unspecified atom stereocenters. The van der Waals surface area contributed by atoms with Crippen molar-refractivity contribution in [2.45, 2.75) is 51.8 Å². The van der Waals surface area contributed by atoms with Crippen LogP contribution in [0.15, 0.2) is 54.6 Å². The van der Waals surface area contributed by atoms with Gasteiger partial charge in [0.25, 0.3) is 0 Å². The minimum Gasteiger partial charge on any atom is -0.349 e. The molecule has 6 heteroatoms. The monoisotopic (exact) mass is 442 g/mol. The van der Waals surface area contributed by atoms with Crippen LogP contribution in [0.5, 0.6) is 0 Å². The van der Waals surface area contributed by atoms with Gasteiger partial charge in [-0.2, -0.15) is 0 Å². The summed E-state index contributed by atoms with van der Waals surface area (Å²) in [5, 5.41) is 3.26. The van der Waals surface area contributed by atoms with E-state index in [1.165, 1.54) is 9.87 Å². The van der Waals surface area contributed by atoms with Crippen LogP contribution < -0.4 is 5.32 Å². The summed E-state index contributed by atoms with van der Waals surface area (Å²) >= 11 is 0. The van der Waals surface area contributed by atoms with E-state index in [1.54, 1.807) is 0 Å². The van der Waals surface area contributed by atoms with Crippen LogP contribution in [0.1, 0.15) is 55.8 Å². The second-order valence-corrected chi connectivity index (χ2v) is 10.9. The molecule has 0 aromatic heterocycles. The summed E-state index contributed by atoms with van der Waals surface area (Å²) in [5.41, 5.74) is 3.12. The molecule has 31 heavy (non-hydrogen) atoms. The van der Waals surface area contributed by atoms with Crippen molar-refractivity contribution in [2.24, 2.45) is 11.8 Å².